The van der Waals surface area contributed by atoms with Gasteiger partial charge in [-0.2, -0.15) is 5.10 Å². The van der Waals surface area contributed by atoms with Gasteiger partial charge in [0.05, 0.1) is 6.10 Å². The number of aromatic nitrogens is 3. The molecule has 1 aliphatic rings. The summed E-state index contributed by atoms with van der Waals surface area (Å²) in [6, 6.07) is 0. The summed E-state index contributed by atoms with van der Waals surface area (Å²) in [5, 5.41) is 13.3. The lowest BCUT2D eigenvalue weighted by molar-refractivity contribution is 0.0229. The Labute approximate surface area is 71.2 Å². The molecule has 0 aromatic carbocycles. The molecule has 2 atom stereocenters. The van der Waals surface area contributed by atoms with Crippen LogP contribution in [0.2, 0.25) is 0 Å². The average Bonchev–Trinajstić information content (AvgIpc) is 2.44. The molecule has 0 spiro atoms. The minimum absolute atomic E-state index is 0.110. The van der Waals surface area contributed by atoms with Gasteiger partial charge in [0.15, 0.2) is 0 Å². The van der Waals surface area contributed by atoms with Gasteiger partial charge in [-0.15, -0.1) is 0 Å². The molecule has 4 heteroatoms. The molecule has 0 bridgehead atoms. The Bertz CT molecular complexity index is 271. The second kappa shape index (κ2) is 2.86. The molecule has 4 nitrogen and oxygen atoms in total. The molecule has 1 heterocycles. The van der Waals surface area contributed by atoms with Gasteiger partial charge >= 0.3 is 0 Å². The summed E-state index contributed by atoms with van der Waals surface area (Å²) in [4.78, 5) is 4.11. The Morgan fingerprint density at radius 2 is 2.50 bits per heavy atom. The molecule has 1 fully saturated rings. The molecular formula is C8H13N3O. The first kappa shape index (κ1) is 7.73. The molecule has 2 unspecified atom stereocenters. The summed E-state index contributed by atoms with van der Waals surface area (Å²) >= 11 is 0. The monoisotopic (exact) mass is 167 g/mol. The maximum Gasteiger partial charge on any atom is 0.138 e. The summed E-state index contributed by atoms with van der Waals surface area (Å²) in [5.41, 5.74) is 0. The van der Waals surface area contributed by atoms with E-state index in [0.29, 0.717) is 5.92 Å². The standard InChI is InChI=1S/C8H13N3O/c1-11-8(9-5-10-11)4-6-2-3-7(6)12/h5-7,12H,2-4H2,1H3. The van der Waals surface area contributed by atoms with E-state index in [1.165, 1.54) is 0 Å². The first-order valence-corrected chi connectivity index (χ1v) is 4.28. The van der Waals surface area contributed by atoms with Crippen LogP contribution in [0, 0.1) is 5.92 Å². The first-order chi connectivity index (χ1) is 5.77. The van der Waals surface area contributed by atoms with E-state index >= 15 is 0 Å². The lowest BCUT2D eigenvalue weighted by Gasteiger charge is -2.31. The fourth-order valence-corrected chi connectivity index (χ4v) is 1.53. The Hall–Kier alpha value is -0.900. The van der Waals surface area contributed by atoms with E-state index in [1.54, 1.807) is 11.0 Å². The van der Waals surface area contributed by atoms with Gasteiger partial charge < -0.3 is 5.11 Å². The van der Waals surface area contributed by atoms with Crippen molar-refractivity contribution < 1.29 is 5.11 Å². The Balaban J connectivity index is 1.99. The number of aliphatic hydroxyl groups is 1. The zero-order valence-electron chi connectivity index (χ0n) is 7.14. The lowest BCUT2D eigenvalue weighted by atomic mass is 9.79. The molecule has 12 heavy (non-hydrogen) atoms. The largest absolute Gasteiger partial charge is 0.393 e. The van der Waals surface area contributed by atoms with E-state index in [0.717, 1.165) is 25.1 Å². The normalized spacial score (nSPS) is 28.5. The summed E-state index contributed by atoms with van der Waals surface area (Å²) in [5.74, 6) is 1.38. The van der Waals surface area contributed by atoms with E-state index in [9.17, 15) is 5.11 Å². The third-order valence-corrected chi connectivity index (χ3v) is 2.63. The first-order valence-electron chi connectivity index (χ1n) is 4.28. The van der Waals surface area contributed by atoms with Crippen molar-refractivity contribution in [1.29, 1.82) is 0 Å². The lowest BCUT2D eigenvalue weighted by Crippen LogP contribution is -2.33. The topological polar surface area (TPSA) is 50.9 Å². The maximum absolute atomic E-state index is 9.34. The smallest absolute Gasteiger partial charge is 0.138 e. The van der Waals surface area contributed by atoms with Gasteiger partial charge in [-0.05, 0) is 18.8 Å². The molecule has 1 saturated carbocycles. The van der Waals surface area contributed by atoms with Crippen molar-refractivity contribution in [2.24, 2.45) is 13.0 Å². The van der Waals surface area contributed by atoms with Crippen LogP contribution >= 0.6 is 0 Å². The number of hydrogen-bond donors (Lipinski definition) is 1. The van der Waals surface area contributed by atoms with E-state index < -0.39 is 0 Å². The maximum atomic E-state index is 9.34. The molecule has 1 aliphatic carbocycles. The van der Waals surface area contributed by atoms with Gasteiger partial charge in [-0.1, -0.05) is 0 Å². The van der Waals surface area contributed by atoms with Crippen molar-refractivity contribution in [3.05, 3.63) is 12.2 Å². The van der Waals surface area contributed by atoms with Crippen molar-refractivity contribution in [3.8, 4) is 0 Å². The Kier molecular flexibility index (Phi) is 1.84. The van der Waals surface area contributed by atoms with Crippen LogP contribution in [0.5, 0.6) is 0 Å². The zero-order valence-corrected chi connectivity index (χ0v) is 7.14. The molecule has 1 N–H and O–H groups in total. The fraction of sp³-hybridized carbons (Fsp3) is 0.750. The van der Waals surface area contributed by atoms with Crippen molar-refractivity contribution in [1.82, 2.24) is 14.8 Å². The van der Waals surface area contributed by atoms with Gasteiger partial charge in [-0.25, -0.2) is 4.98 Å². The second-order valence-corrected chi connectivity index (χ2v) is 3.41. The quantitative estimate of drug-likeness (QED) is 0.681. The summed E-state index contributed by atoms with van der Waals surface area (Å²) in [7, 11) is 1.88. The van der Waals surface area contributed by atoms with E-state index in [-0.39, 0.29) is 6.10 Å². The number of nitrogens with zero attached hydrogens (tertiary/aromatic N) is 3. The van der Waals surface area contributed by atoms with Crippen molar-refractivity contribution >= 4 is 0 Å². The number of aliphatic hydroxyl groups excluding tert-OH is 1. The van der Waals surface area contributed by atoms with Gasteiger partial charge in [-0.3, -0.25) is 4.68 Å². The third-order valence-electron chi connectivity index (χ3n) is 2.63. The Morgan fingerprint density at radius 3 is 2.92 bits per heavy atom. The van der Waals surface area contributed by atoms with Crippen molar-refractivity contribution in [2.75, 3.05) is 0 Å². The minimum atomic E-state index is -0.110. The van der Waals surface area contributed by atoms with E-state index in [1.807, 2.05) is 7.05 Å². The SMILES string of the molecule is Cn1ncnc1CC1CCC1O. The van der Waals surface area contributed by atoms with Crippen molar-refractivity contribution in [3.63, 3.8) is 0 Å². The fourth-order valence-electron chi connectivity index (χ4n) is 1.53. The van der Waals surface area contributed by atoms with Crippen LogP contribution in [0.15, 0.2) is 6.33 Å². The molecule has 1 aromatic heterocycles. The number of aryl methyl sites for hydroxylation is 1. The minimum Gasteiger partial charge on any atom is -0.393 e. The highest BCUT2D eigenvalue weighted by molar-refractivity contribution is 4.92. The highest BCUT2D eigenvalue weighted by Crippen LogP contribution is 2.29. The van der Waals surface area contributed by atoms with Crippen molar-refractivity contribution in [2.45, 2.75) is 25.4 Å². The summed E-state index contributed by atoms with van der Waals surface area (Å²) in [6.07, 6.45) is 4.37. The Morgan fingerprint density at radius 1 is 1.67 bits per heavy atom. The van der Waals surface area contributed by atoms with E-state index in [2.05, 4.69) is 10.1 Å². The predicted octanol–water partition coefficient (Wildman–Crippen LogP) is 0.128. The molecular weight excluding hydrogens is 154 g/mol. The molecule has 1 aromatic rings. The van der Waals surface area contributed by atoms with Crippen LogP contribution in [0.25, 0.3) is 0 Å². The highest BCUT2D eigenvalue weighted by atomic mass is 16.3. The van der Waals surface area contributed by atoms with Crippen LogP contribution in [0.1, 0.15) is 18.7 Å². The second-order valence-electron chi connectivity index (χ2n) is 3.41. The molecule has 0 radical (unpaired) electrons. The third kappa shape index (κ3) is 1.22. The summed E-state index contributed by atoms with van der Waals surface area (Å²) < 4.78 is 1.77. The van der Waals surface area contributed by atoms with Crippen LogP contribution < -0.4 is 0 Å². The van der Waals surface area contributed by atoms with Crippen LogP contribution in [0.3, 0.4) is 0 Å². The van der Waals surface area contributed by atoms with Gasteiger partial charge in [0.25, 0.3) is 0 Å². The predicted molar refractivity (Wildman–Crippen MR) is 43.4 cm³/mol. The number of rotatable bonds is 2. The van der Waals surface area contributed by atoms with Crippen LogP contribution in [0.4, 0.5) is 0 Å². The molecule has 0 saturated heterocycles. The van der Waals surface area contributed by atoms with Crippen LogP contribution in [-0.2, 0) is 13.5 Å². The zero-order chi connectivity index (χ0) is 8.55. The molecule has 0 aliphatic heterocycles. The highest BCUT2D eigenvalue weighted by Gasteiger charge is 2.29. The van der Waals surface area contributed by atoms with Gasteiger partial charge in [0, 0.05) is 13.5 Å². The van der Waals surface area contributed by atoms with Crippen LogP contribution in [-0.4, -0.2) is 26.0 Å². The van der Waals surface area contributed by atoms with Gasteiger partial charge in [0.1, 0.15) is 12.2 Å². The van der Waals surface area contributed by atoms with Gasteiger partial charge in [0.2, 0.25) is 0 Å². The molecule has 0 amide bonds. The van der Waals surface area contributed by atoms with E-state index in [4.69, 9.17) is 0 Å². The average molecular weight is 167 g/mol. The molecule has 2 rings (SSSR count). The summed E-state index contributed by atoms with van der Waals surface area (Å²) in [6.45, 7) is 0. The molecule has 66 valence electrons. The number of hydrogen-bond acceptors (Lipinski definition) is 3.